The van der Waals surface area contributed by atoms with E-state index in [2.05, 4.69) is 50.5 Å². The summed E-state index contributed by atoms with van der Waals surface area (Å²) in [6.07, 6.45) is 3.03. The largest absolute Gasteiger partial charge is 0.494 e. The average molecular weight is 474 g/mol. The number of hydrogen-bond donors (Lipinski definition) is 3. The number of hydrazone groups is 1. The second kappa shape index (κ2) is 9.63. The van der Waals surface area contributed by atoms with Gasteiger partial charge in [-0.25, -0.2) is 4.79 Å². The molecule has 5 rings (SSSR count). The molecule has 9 nitrogen and oxygen atoms in total. The number of fused-ring (bicyclic) bond motifs is 1. The quantitative estimate of drug-likeness (QED) is 0.341. The fourth-order valence-corrected chi connectivity index (χ4v) is 4.64. The topological polar surface area (TPSA) is 114 Å². The second-order valence-electron chi connectivity index (χ2n) is 8.62. The predicted octanol–water partition coefficient (Wildman–Crippen LogP) is 2.72. The van der Waals surface area contributed by atoms with Gasteiger partial charge < -0.3 is 19.8 Å². The molecule has 9 heteroatoms. The van der Waals surface area contributed by atoms with Gasteiger partial charge in [0.05, 0.1) is 11.8 Å². The summed E-state index contributed by atoms with van der Waals surface area (Å²) in [5, 5.41) is 16.3. The molecule has 1 atom stereocenters. The lowest BCUT2D eigenvalue weighted by atomic mass is 9.99. The first-order chi connectivity index (χ1) is 17.1. The molecular weight excluding hydrogens is 446 g/mol. The van der Waals surface area contributed by atoms with Crippen LogP contribution in [-0.4, -0.2) is 38.7 Å². The highest BCUT2D eigenvalue weighted by molar-refractivity contribution is 6.03. The van der Waals surface area contributed by atoms with Crippen LogP contribution in [0.15, 0.2) is 75.5 Å². The molecule has 2 aromatic heterocycles. The monoisotopic (exact) mass is 473 g/mol. The van der Waals surface area contributed by atoms with Crippen molar-refractivity contribution in [2.75, 3.05) is 13.7 Å². The van der Waals surface area contributed by atoms with E-state index in [1.807, 2.05) is 30.3 Å². The smallest absolute Gasteiger partial charge is 0.331 e. The number of aromatic nitrogens is 3. The Balaban J connectivity index is 1.45. The first kappa shape index (κ1) is 22.7. The average Bonchev–Trinajstić information content (AvgIpc) is 3.47. The Hall–Kier alpha value is -4.11. The Kier molecular flexibility index (Phi) is 6.24. The molecule has 4 aromatic rings. The Bertz CT molecular complexity index is 1500. The third-order valence-electron chi connectivity index (χ3n) is 6.33. The van der Waals surface area contributed by atoms with Crippen LogP contribution in [0.25, 0.3) is 10.9 Å². The molecule has 2 aromatic carbocycles. The van der Waals surface area contributed by atoms with Crippen molar-refractivity contribution in [1.82, 2.24) is 19.5 Å². The highest BCUT2D eigenvalue weighted by Gasteiger charge is 2.29. The summed E-state index contributed by atoms with van der Waals surface area (Å²) in [6.45, 7) is 1.38. The molecule has 3 heterocycles. The van der Waals surface area contributed by atoms with Crippen LogP contribution in [0.4, 0.5) is 0 Å². The van der Waals surface area contributed by atoms with Crippen molar-refractivity contribution in [2.45, 2.75) is 32.0 Å². The first-order valence-electron chi connectivity index (χ1n) is 11.6. The summed E-state index contributed by atoms with van der Waals surface area (Å²) in [5.41, 5.74) is 5.62. The zero-order valence-corrected chi connectivity index (χ0v) is 19.4. The zero-order chi connectivity index (χ0) is 24.4. The number of methoxy groups -OCH3 is 1. The Morgan fingerprint density at radius 3 is 2.69 bits per heavy atom. The second-order valence-corrected chi connectivity index (χ2v) is 8.62. The van der Waals surface area contributed by atoms with Crippen LogP contribution < -0.4 is 16.7 Å². The molecule has 180 valence electrons. The summed E-state index contributed by atoms with van der Waals surface area (Å²) in [5.74, 6) is -0.373. The van der Waals surface area contributed by atoms with Gasteiger partial charge in [-0.1, -0.05) is 48.5 Å². The minimum absolute atomic E-state index is 0.0186. The van der Waals surface area contributed by atoms with Crippen molar-refractivity contribution < 1.29 is 9.84 Å². The van der Waals surface area contributed by atoms with E-state index in [1.165, 1.54) is 5.56 Å². The zero-order valence-electron chi connectivity index (χ0n) is 19.4. The number of aromatic amines is 1. The highest BCUT2D eigenvalue weighted by Crippen LogP contribution is 2.32. The van der Waals surface area contributed by atoms with Crippen molar-refractivity contribution in [1.29, 1.82) is 0 Å². The van der Waals surface area contributed by atoms with Gasteiger partial charge in [0.15, 0.2) is 0 Å². The van der Waals surface area contributed by atoms with E-state index in [-0.39, 0.29) is 24.0 Å². The van der Waals surface area contributed by atoms with Crippen LogP contribution in [-0.2, 0) is 17.8 Å². The predicted molar refractivity (Wildman–Crippen MR) is 134 cm³/mol. The SMILES string of the molecule is COCCCn1c(O)c(C2=NNC(c3cn(Cc4ccccc4)c4ccccc34)C2)c(=O)[nH]c1=O. The molecule has 0 spiro atoms. The lowest BCUT2D eigenvalue weighted by molar-refractivity contribution is 0.188. The molecule has 0 saturated carbocycles. The van der Waals surface area contributed by atoms with Crippen molar-refractivity contribution in [3.05, 3.63) is 98.3 Å². The van der Waals surface area contributed by atoms with Crippen LogP contribution in [0.1, 0.15) is 35.6 Å². The molecule has 35 heavy (non-hydrogen) atoms. The van der Waals surface area contributed by atoms with Crippen LogP contribution >= 0.6 is 0 Å². The van der Waals surface area contributed by atoms with E-state index >= 15 is 0 Å². The summed E-state index contributed by atoms with van der Waals surface area (Å²) >= 11 is 0. The van der Waals surface area contributed by atoms with Gasteiger partial charge in [0.25, 0.3) is 5.56 Å². The van der Waals surface area contributed by atoms with Crippen molar-refractivity contribution >= 4 is 16.6 Å². The van der Waals surface area contributed by atoms with E-state index in [0.717, 1.165) is 27.6 Å². The summed E-state index contributed by atoms with van der Waals surface area (Å²) in [6, 6.07) is 18.3. The maximum absolute atomic E-state index is 12.6. The van der Waals surface area contributed by atoms with Gasteiger partial charge in [-0.2, -0.15) is 5.10 Å². The van der Waals surface area contributed by atoms with Gasteiger partial charge in [-0.15, -0.1) is 0 Å². The standard InChI is InChI=1S/C26H27N5O4/c1-35-13-7-12-31-25(33)23(24(32)27-26(31)34)21-14-20(28-29-21)19-16-30(15-17-8-3-2-4-9-17)22-11-6-5-10-18(19)22/h2-6,8-11,16,20,28,33H,7,12-15H2,1H3,(H,27,32,34). The number of rotatable bonds is 8. The molecule has 0 amide bonds. The lowest BCUT2D eigenvalue weighted by Crippen LogP contribution is -2.34. The van der Waals surface area contributed by atoms with E-state index in [9.17, 15) is 14.7 Å². The first-order valence-corrected chi connectivity index (χ1v) is 11.6. The Morgan fingerprint density at radius 1 is 1.11 bits per heavy atom. The molecule has 0 aliphatic carbocycles. The maximum Gasteiger partial charge on any atom is 0.331 e. The van der Waals surface area contributed by atoms with Crippen LogP contribution in [0.2, 0.25) is 0 Å². The molecule has 0 fully saturated rings. The van der Waals surface area contributed by atoms with E-state index in [1.54, 1.807) is 7.11 Å². The summed E-state index contributed by atoms with van der Waals surface area (Å²) in [4.78, 5) is 27.2. The number of para-hydroxylation sites is 1. The normalized spacial score (nSPS) is 15.3. The van der Waals surface area contributed by atoms with Crippen molar-refractivity contribution in [2.24, 2.45) is 5.10 Å². The van der Waals surface area contributed by atoms with Gasteiger partial charge in [-0.05, 0) is 18.1 Å². The maximum atomic E-state index is 12.6. The van der Waals surface area contributed by atoms with Crippen LogP contribution in [0.5, 0.6) is 5.88 Å². The third kappa shape index (κ3) is 4.38. The number of benzene rings is 2. The molecule has 1 aliphatic rings. The van der Waals surface area contributed by atoms with Gasteiger partial charge >= 0.3 is 5.69 Å². The highest BCUT2D eigenvalue weighted by atomic mass is 16.5. The lowest BCUT2D eigenvalue weighted by Gasteiger charge is -2.11. The minimum Gasteiger partial charge on any atom is -0.494 e. The number of hydrogen-bond acceptors (Lipinski definition) is 6. The number of nitrogens with zero attached hydrogens (tertiary/aromatic N) is 3. The summed E-state index contributed by atoms with van der Waals surface area (Å²) < 4.78 is 8.39. The molecule has 0 saturated heterocycles. The van der Waals surface area contributed by atoms with Gasteiger partial charge in [0.1, 0.15) is 5.56 Å². The summed E-state index contributed by atoms with van der Waals surface area (Å²) in [7, 11) is 1.57. The molecule has 0 radical (unpaired) electrons. The number of ether oxygens (including phenoxy) is 1. The van der Waals surface area contributed by atoms with Gasteiger partial charge in [0, 0.05) is 55.9 Å². The number of aromatic hydroxyl groups is 1. The third-order valence-corrected chi connectivity index (χ3v) is 6.33. The molecule has 3 N–H and O–H groups in total. The van der Waals surface area contributed by atoms with Crippen LogP contribution in [0, 0.1) is 0 Å². The van der Waals surface area contributed by atoms with Crippen molar-refractivity contribution in [3.8, 4) is 5.88 Å². The fourth-order valence-electron chi connectivity index (χ4n) is 4.64. The van der Waals surface area contributed by atoms with E-state index < -0.39 is 11.2 Å². The number of nitrogens with one attached hydrogen (secondary N) is 2. The van der Waals surface area contributed by atoms with E-state index in [4.69, 9.17) is 4.74 Å². The minimum atomic E-state index is -0.653. The molecule has 1 unspecified atom stereocenters. The van der Waals surface area contributed by atoms with Gasteiger partial charge in [-0.3, -0.25) is 14.3 Å². The molecule has 0 bridgehead atoms. The number of H-pyrrole nitrogens is 1. The van der Waals surface area contributed by atoms with Gasteiger partial charge in [0.2, 0.25) is 5.88 Å². The molecular formula is C26H27N5O4. The van der Waals surface area contributed by atoms with Crippen LogP contribution in [0.3, 0.4) is 0 Å². The van der Waals surface area contributed by atoms with E-state index in [0.29, 0.717) is 25.2 Å². The Labute approximate surface area is 201 Å². The van der Waals surface area contributed by atoms with Crippen molar-refractivity contribution in [3.63, 3.8) is 0 Å². The molecule has 1 aliphatic heterocycles. The fraction of sp³-hybridized carbons (Fsp3) is 0.269. The Morgan fingerprint density at radius 2 is 1.89 bits per heavy atom.